The molecule has 0 amide bonds. The van der Waals surface area contributed by atoms with Crippen LogP contribution in [-0.4, -0.2) is 26.3 Å². The van der Waals surface area contributed by atoms with Crippen molar-refractivity contribution in [3.63, 3.8) is 0 Å². The number of rotatable bonds is 8. The van der Waals surface area contributed by atoms with Crippen LogP contribution in [0.15, 0.2) is 24.3 Å². The molecule has 0 aliphatic rings. The van der Waals surface area contributed by atoms with E-state index in [1.807, 2.05) is 24.3 Å². The summed E-state index contributed by atoms with van der Waals surface area (Å²) < 4.78 is 11.1. The van der Waals surface area contributed by atoms with Gasteiger partial charge in [-0.1, -0.05) is 26.3 Å². The second-order valence-electron chi connectivity index (χ2n) is 4.02. The molecule has 0 radical (unpaired) electrons. The summed E-state index contributed by atoms with van der Waals surface area (Å²) in [5, 5.41) is 3.33. The fourth-order valence-electron chi connectivity index (χ4n) is 1.70. The predicted octanol–water partition coefficient (Wildman–Crippen LogP) is 2.85. The largest absolute Gasteiger partial charge is 0.497 e. The van der Waals surface area contributed by atoms with Crippen molar-refractivity contribution in [2.75, 3.05) is 20.2 Å². The third-order valence-corrected chi connectivity index (χ3v) is 2.58. The number of hydrogen-bond donors (Lipinski definition) is 1. The smallest absolute Gasteiger partial charge is 0.123 e. The highest BCUT2D eigenvalue weighted by molar-refractivity contribution is 5.32. The van der Waals surface area contributed by atoms with Gasteiger partial charge in [-0.05, 0) is 25.1 Å². The van der Waals surface area contributed by atoms with Crippen molar-refractivity contribution in [3.05, 3.63) is 24.3 Å². The molecular formula is C14H23NO2. The number of benzene rings is 1. The van der Waals surface area contributed by atoms with E-state index in [1.165, 1.54) is 0 Å². The van der Waals surface area contributed by atoms with Crippen molar-refractivity contribution in [2.45, 2.75) is 32.8 Å². The Morgan fingerprint density at radius 3 is 2.65 bits per heavy atom. The molecule has 1 rings (SSSR count). The Hall–Kier alpha value is -1.22. The van der Waals surface area contributed by atoms with Gasteiger partial charge in [0.1, 0.15) is 17.6 Å². The van der Waals surface area contributed by atoms with E-state index in [9.17, 15) is 0 Å². The van der Waals surface area contributed by atoms with Gasteiger partial charge in [-0.3, -0.25) is 0 Å². The van der Waals surface area contributed by atoms with Gasteiger partial charge in [0, 0.05) is 12.6 Å². The van der Waals surface area contributed by atoms with Gasteiger partial charge in [-0.25, -0.2) is 0 Å². The molecule has 0 saturated carbocycles. The van der Waals surface area contributed by atoms with Gasteiger partial charge in [0.25, 0.3) is 0 Å². The molecular weight excluding hydrogens is 214 g/mol. The highest BCUT2D eigenvalue weighted by Gasteiger charge is 2.09. The second-order valence-corrected chi connectivity index (χ2v) is 4.02. The minimum Gasteiger partial charge on any atom is -0.497 e. The third-order valence-electron chi connectivity index (χ3n) is 2.58. The normalized spacial score (nSPS) is 12.2. The summed E-state index contributed by atoms with van der Waals surface area (Å²) in [7, 11) is 1.67. The fraction of sp³-hybridized carbons (Fsp3) is 0.571. The molecule has 96 valence electrons. The van der Waals surface area contributed by atoms with Crippen LogP contribution in [0.2, 0.25) is 0 Å². The van der Waals surface area contributed by atoms with Crippen LogP contribution in [0.5, 0.6) is 11.5 Å². The molecule has 0 aromatic heterocycles. The van der Waals surface area contributed by atoms with Gasteiger partial charge in [-0.15, -0.1) is 0 Å². The third kappa shape index (κ3) is 5.09. The average Bonchev–Trinajstić information content (AvgIpc) is 2.36. The summed E-state index contributed by atoms with van der Waals surface area (Å²) in [6, 6.07) is 7.77. The molecule has 0 heterocycles. The molecule has 3 heteroatoms. The number of ether oxygens (including phenoxy) is 2. The molecule has 0 saturated heterocycles. The molecule has 1 atom stereocenters. The molecule has 0 aliphatic heterocycles. The highest BCUT2D eigenvalue weighted by Crippen LogP contribution is 2.20. The quantitative estimate of drug-likeness (QED) is 0.754. The summed E-state index contributed by atoms with van der Waals surface area (Å²) in [5.41, 5.74) is 0. The standard InChI is InChI=1S/C14H23NO2/c1-4-7-14(11-15-5-2)17-13-9-6-8-12(10-13)16-3/h6,8-10,14-15H,4-5,7,11H2,1-3H3. The molecule has 17 heavy (non-hydrogen) atoms. The monoisotopic (exact) mass is 237 g/mol. The first-order valence-electron chi connectivity index (χ1n) is 6.31. The number of methoxy groups -OCH3 is 1. The van der Waals surface area contributed by atoms with Crippen molar-refractivity contribution < 1.29 is 9.47 Å². The zero-order valence-corrected chi connectivity index (χ0v) is 11.0. The van der Waals surface area contributed by atoms with Crippen molar-refractivity contribution in [1.82, 2.24) is 5.32 Å². The Kier molecular flexibility index (Phi) is 6.48. The molecule has 0 bridgehead atoms. The maximum atomic E-state index is 5.96. The topological polar surface area (TPSA) is 30.5 Å². The van der Waals surface area contributed by atoms with E-state index in [-0.39, 0.29) is 6.10 Å². The van der Waals surface area contributed by atoms with Crippen molar-refractivity contribution in [1.29, 1.82) is 0 Å². The Bertz CT molecular complexity index is 315. The van der Waals surface area contributed by atoms with E-state index in [1.54, 1.807) is 7.11 Å². The van der Waals surface area contributed by atoms with Gasteiger partial charge in [-0.2, -0.15) is 0 Å². The Morgan fingerprint density at radius 1 is 1.24 bits per heavy atom. The Labute approximate surface area is 104 Å². The van der Waals surface area contributed by atoms with Crippen LogP contribution in [0.3, 0.4) is 0 Å². The lowest BCUT2D eigenvalue weighted by Gasteiger charge is -2.19. The lowest BCUT2D eigenvalue weighted by Crippen LogP contribution is -2.31. The van der Waals surface area contributed by atoms with E-state index < -0.39 is 0 Å². The van der Waals surface area contributed by atoms with Crippen LogP contribution >= 0.6 is 0 Å². The van der Waals surface area contributed by atoms with E-state index >= 15 is 0 Å². The molecule has 0 aliphatic carbocycles. The molecule has 0 fully saturated rings. The Balaban J connectivity index is 2.57. The van der Waals surface area contributed by atoms with E-state index in [0.717, 1.165) is 37.4 Å². The van der Waals surface area contributed by atoms with Crippen LogP contribution in [0.1, 0.15) is 26.7 Å². The van der Waals surface area contributed by atoms with Crippen molar-refractivity contribution >= 4 is 0 Å². The molecule has 0 spiro atoms. The summed E-state index contributed by atoms with van der Waals surface area (Å²) in [6.07, 6.45) is 2.41. The lowest BCUT2D eigenvalue weighted by atomic mass is 10.2. The molecule has 1 aromatic rings. The summed E-state index contributed by atoms with van der Waals surface area (Å²) in [4.78, 5) is 0. The Morgan fingerprint density at radius 2 is 2.00 bits per heavy atom. The van der Waals surface area contributed by atoms with E-state index in [2.05, 4.69) is 19.2 Å². The van der Waals surface area contributed by atoms with Crippen molar-refractivity contribution in [3.8, 4) is 11.5 Å². The minimum absolute atomic E-state index is 0.229. The molecule has 1 aromatic carbocycles. The fourth-order valence-corrected chi connectivity index (χ4v) is 1.70. The van der Waals surface area contributed by atoms with Crippen LogP contribution < -0.4 is 14.8 Å². The first-order valence-corrected chi connectivity index (χ1v) is 6.31. The zero-order chi connectivity index (χ0) is 12.5. The van der Waals surface area contributed by atoms with E-state index in [4.69, 9.17) is 9.47 Å². The maximum absolute atomic E-state index is 5.96. The van der Waals surface area contributed by atoms with Crippen molar-refractivity contribution in [2.24, 2.45) is 0 Å². The minimum atomic E-state index is 0.229. The van der Waals surface area contributed by atoms with Gasteiger partial charge >= 0.3 is 0 Å². The van der Waals surface area contributed by atoms with Crippen LogP contribution in [0.25, 0.3) is 0 Å². The number of nitrogens with one attached hydrogen (secondary N) is 1. The average molecular weight is 237 g/mol. The second kappa shape index (κ2) is 7.96. The van der Waals surface area contributed by atoms with Crippen LogP contribution in [0.4, 0.5) is 0 Å². The molecule has 3 nitrogen and oxygen atoms in total. The van der Waals surface area contributed by atoms with E-state index in [0.29, 0.717) is 0 Å². The van der Waals surface area contributed by atoms with Gasteiger partial charge in [0.15, 0.2) is 0 Å². The van der Waals surface area contributed by atoms with Gasteiger partial charge < -0.3 is 14.8 Å². The first-order chi connectivity index (χ1) is 8.30. The summed E-state index contributed by atoms with van der Waals surface area (Å²) >= 11 is 0. The first kappa shape index (κ1) is 13.8. The SMILES string of the molecule is CCCC(CNCC)Oc1cccc(OC)c1. The number of likely N-dealkylation sites (N-methyl/N-ethyl adjacent to an activating group) is 1. The molecule has 1 N–H and O–H groups in total. The summed E-state index contributed by atoms with van der Waals surface area (Å²) in [5.74, 6) is 1.71. The van der Waals surface area contributed by atoms with Gasteiger partial charge in [0.05, 0.1) is 7.11 Å². The van der Waals surface area contributed by atoms with Crippen LogP contribution in [-0.2, 0) is 0 Å². The number of hydrogen-bond acceptors (Lipinski definition) is 3. The summed E-state index contributed by atoms with van der Waals surface area (Å²) in [6.45, 7) is 6.14. The lowest BCUT2D eigenvalue weighted by molar-refractivity contribution is 0.186. The zero-order valence-electron chi connectivity index (χ0n) is 11.0. The highest BCUT2D eigenvalue weighted by atomic mass is 16.5. The van der Waals surface area contributed by atoms with Crippen LogP contribution in [0, 0.1) is 0 Å². The predicted molar refractivity (Wildman–Crippen MR) is 70.9 cm³/mol. The maximum Gasteiger partial charge on any atom is 0.123 e. The molecule has 1 unspecified atom stereocenters. The van der Waals surface area contributed by atoms with Gasteiger partial charge in [0.2, 0.25) is 0 Å².